The molecule has 1 aliphatic rings. The number of aryl methyl sites for hydroxylation is 1. The van der Waals surface area contributed by atoms with Gasteiger partial charge >= 0.3 is 0 Å². The molecule has 2 aromatic carbocycles. The van der Waals surface area contributed by atoms with Crippen molar-refractivity contribution in [1.29, 1.82) is 0 Å². The molecule has 3 rings (SSSR count). The number of amides is 1. The third-order valence-electron chi connectivity index (χ3n) is 4.83. The highest BCUT2D eigenvalue weighted by atomic mass is 32.2. The van der Waals surface area contributed by atoms with Crippen LogP contribution in [0.15, 0.2) is 53.4 Å². The van der Waals surface area contributed by atoms with Gasteiger partial charge in [0.25, 0.3) is 15.9 Å². The molecule has 1 saturated heterocycles. The first kappa shape index (κ1) is 19.4. The van der Waals surface area contributed by atoms with Gasteiger partial charge in [-0.15, -0.1) is 0 Å². The van der Waals surface area contributed by atoms with Gasteiger partial charge in [0.1, 0.15) is 0 Å². The van der Waals surface area contributed by atoms with Crippen LogP contribution in [0.4, 0.5) is 5.69 Å². The van der Waals surface area contributed by atoms with E-state index in [2.05, 4.69) is 11.6 Å². The smallest absolute Gasteiger partial charge is 0.261 e. The molecule has 0 radical (unpaired) electrons. The fraction of sp³-hybridized carbons (Fsp3) is 0.381. The highest BCUT2D eigenvalue weighted by molar-refractivity contribution is 7.92. The highest BCUT2D eigenvalue weighted by Crippen LogP contribution is 2.19. The van der Waals surface area contributed by atoms with Gasteiger partial charge in [-0.2, -0.15) is 0 Å². The molecular formula is C21H26N2O3S. The lowest BCUT2D eigenvalue weighted by Gasteiger charge is -2.15. The molecule has 0 saturated carbocycles. The Labute approximate surface area is 161 Å². The lowest BCUT2D eigenvalue weighted by molar-refractivity contribution is 0.0793. The first-order valence-corrected chi connectivity index (χ1v) is 11.0. The number of likely N-dealkylation sites (tertiary alicyclic amines) is 1. The van der Waals surface area contributed by atoms with Crippen LogP contribution in [0.3, 0.4) is 0 Å². The van der Waals surface area contributed by atoms with E-state index in [0.717, 1.165) is 50.8 Å². The SMILES string of the molecule is CCCCc1ccc(S(=O)(=O)Nc2ccc(C(=O)N3CCCC3)cc2)cc1. The van der Waals surface area contributed by atoms with Crippen molar-refractivity contribution in [3.63, 3.8) is 0 Å². The van der Waals surface area contributed by atoms with E-state index in [4.69, 9.17) is 0 Å². The number of carbonyl (C=O) groups is 1. The zero-order valence-corrected chi connectivity index (χ0v) is 16.5. The van der Waals surface area contributed by atoms with E-state index in [-0.39, 0.29) is 10.8 Å². The summed E-state index contributed by atoms with van der Waals surface area (Å²) in [6, 6.07) is 13.6. The van der Waals surface area contributed by atoms with Crippen molar-refractivity contribution < 1.29 is 13.2 Å². The second-order valence-corrected chi connectivity index (χ2v) is 8.61. The number of sulfonamides is 1. The van der Waals surface area contributed by atoms with Crippen LogP contribution in [-0.2, 0) is 16.4 Å². The van der Waals surface area contributed by atoms with E-state index in [1.165, 1.54) is 0 Å². The lowest BCUT2D eigenvalue weighted by atomic mass is 10.1. The summed E-state index contributed by atoms with van der Waals surface area (Å²) in [5.41, 5.74) is 2.17. The Morgan fingerprint density at radius 3 is 2.22 bits per heavy atom. The van der Waals surface area contributed by atoms with Crippen molar-refractivity contribution in [2.24, 2.45) is 0 Å². The summed E-state index contributed by atoms with van der Waals surface area (Å²) in [7, 11) is -3.64. The Bertz CT molecular complexity index is 869. The first-order valence-electron chi connectivity index (χ1n) is 9.51. The lowest BCUT2D eigenvalue weighted by Crippen LogP contribution is -2.27. The van der Waals surface area contributed by atoms with Crippen LogP contribution in [0, 0.1) is 0 Å². The topological polar surface area (TPSA) is 66.5 Å². The summed E-state index contributed by atoms with van der Waals surface area (Å²) in [6.45, 7) is 3.72. The van der Waals surface area contributed by atoms with Gasteiger partial charge in [0.2, 0.25) is 0 Å². The summed E-state index contributed by atoms with van der Waals surface area (Å²) in [4.78, 5) is 14.4. The largest absolute Gasteiger partial charge is 0.339 e. The fourth-order valence-electron chi connectivity index (χ4n) is 3.21. The Kier molecular flexibility index (Phi) is 6.16. The van der Waals surface area contributed by atoms with Crippen LogP contribution < -0.4 is 4.72 Å². The van der Waals surface area contributed by atoms with E-state index >= 15 is 0 Å². The summed E-state index contributed by atoms with van der Waals surface area (Å²) >= 11 is 0. The average Bonchev–Trinajstić information content (AvgIpc) is 3.21. The molecule has 1 N–H and O–H groups in total. The second kappa shape index (κ2) is 8.57. The van der Waals surface area contributed by atoms with Crippen LogP contribution in [-0.4, -0.2) is 32.3 Å². The zero-order chi connectivity index (χ0) is 19.3. The minimum absolute atomic E-state index is 0.00424. The molecule has 1 aliphatic heterocycles. The fourth-order valence-corrected chi connectivity index (χ4v) is 4.27. The van der Waals surface area contributed by atoms with Crippen molar-refractivity contribution in [3.8, 4) is 0 Å². The van der Waals surface area contributed by atoms with Gasteiger partial charge in [-0.25, -0.2) is 8.42 Å². The molecule has 1 fully saturated rings. The van der Waals surface area contributed by atoms with Crippen LogP contribution in [0.1, 0.15) is 48.5 Å². The van der Waals surface area contributed by atoms with Crippen LogP contribution in [0.25, 0.3) is 0 Å². The maximum Gasteiger partial charge on any atom is 0.261 e. The molecule has 5 nitrogen and oxygen atoms in total. The number of nitrogens with one attached hydrogen (secondary N) is 1. The molecule has 27 heavy (non-hydrogen) atoms. The third kappa shape index (κ3) is 4.89. The van der Waals surface area contributed by atoms with Gasteiger partial charge in [-0.3, -0.25) is 9.52 Å². The maximum atomic E-state index is 12.6. The Morgan fingerprint density at radius 1 is 1.00 bits per heavy atom. The Balaban J connectivity index is 1.67. The van der Waals surface area contributed by atoms with Crippen LogP contribution in [0.2, 0.25) is 0 Å². The van der Waals surface area contributed by atoms with Gasteiger partial charge in [0.05, 0.1) is 4.90 Å². The Hall–Kier alpha value is -2.34. The van der Waals surface area contributed by atoms with Gasteiger partial charge in [0.15, 0.2) is 0 Å². The third-order valence-corrected chi connectivity index (χ3v) is 6.23. The normalized spacial score (nSPS) is 14.3. The van der Waals surface area contributed by atoms with Crippen molar-refractivity contribution in [2.75, 3.05) is 17.8 Å². The minimum Gasteiger partial charge on any atom is -0.339 e. The summed E-state index contributed by atoms with van der Waals surface area (Å²) in [6.07, 6.45) is 5.24. The van der Waals surface area contributed by atoms with Gasteiger partial charge in [-0.05, 0) is 67.6 Å². The molecule has 2 aromatic rings. The molecule has 1 amide bonds. The quantitative estimate of drug-likeness (QED) is 0.780. The first-order chi connectivity index (χ1) is 13.0. The van der Waals surface area contributed by atoms with Gasteiger partial charge < -0.3 is 4.90 Å². The number of hydrogen-bond acceptors (Lipinski definition) is 3. The number of rotatable bonds is 7. The van der Waals surface area contributed by atoms with E-state index < -0.39 is 10.0 Å². The minimum atomic E-state index is -3.64. The molecule has 0 aromatic heterocycles. The second-order valence-electron chi connectivity index (χ2n) is 6.93. The zero-order valence-electron chi connectivity index (χ0n) is 15.6. The van der Waals surface area contributed by atoms with Crippen LogP contribution >= 0.6 is 0 Å². The monoisotopic (exact) mass is 386 g/mol. The summed E-state index contributed by atoms with van der Waals surface area (Å²) in [5.74, 6) is 0.00424. The number of carbonyl (C=O) groups excluding carboxylic acids is 1. The number of anilines is 1. The van der Waals surface area contributed by atoms with Gasteiger partial charge in [-0.1, -0.05) is 25.5 Å². The number of unbranched alkanes of at least 4 members (excludes halogenated alkanes) is 1. The molecule has 0 unspecified atom stereocenters. The van der Waals surface area contributed by atoms with Gasteiger partial charge in [0, 0.05) is 24.3 Å². The van der Waals surface area contributed by atoms with Crippen LogP contribution in [0.5, 0.6) is 0 Å². The summed E-state index contributed by atoms with van der Waals surface area (Å²) in [5, 5.41) is 0. The maximum absolute atomic E-state index is 12.6. The standard InChI is InChI=1S/C21H26N2O3S/c1-2-3-6-17-7-13-20(14-8-17)27(25,26)22-19-11-9-18(10-12-19)21(24)23-15-4-5-16-23/h7-14,22H,2-6,15-16H2,1H3. The van der Waals surface area contributed by atoms with Crippen molar-refractivity contribution >= 4 is 21.6 Å². The highest BCUT2D eigenvalue weighted by Gasteiger charge is 2.20. The molecule has 6 heteroatoms. The number of hydrogen-bond donors (Lipinski definition) is 1. The molecular weight excluding hydrogens is 360 g/mol. The molecule has 144 valence electrons. The van der Waals surface area contributed by atoms with Crippen molar-refractivity contribution in [2.45, 2.75) is 43.9 Å². The number of benzene rings is 2. The molecule has 0 bridgehead atoms. The summed E-state index contributed by atoms with van der Waals surface area (Å²) < 4.78 is 27.7. The van der Waals surface area contributed by atoms with E-state index in [9.17, 15) is 13.2 Å². The molecule has 1 heterocycles. The van der Waals surface area contributed by atoms with Crippen molar-refractivity contribution in [3.05, 3.63) is 59.7 Å². The Morgan fingerprint density at radius 2 is 1.63 bits per heavy atom. The average molecular weight is 387 g/mol. The molecule has 0 spiro atoms. The molecule has 0 aliphatic carbocycles. The predicted octanol–water partition coefficient (Wildman–Crippen LogP) is 4.07. The van der Waals surface area contributed by atoms with E-state index in [1.807, 2.05) is 17.0 Å². The number of nitrogens with zero attached hydrogens (tertiary/aromatic N) is 1. The van der Waals surface area contributed by atoms with E-state index in [0.29, 0.717) is 11.3 Å². The molecule has 0 atom stereocenters. The predicted molar refractivity (Wildman–Crippen MR) is 107 cm³/mol. The van der Waals surface area contributed by atoms with E-state index in [1.54, 1.807) is 36.4 Å². The van der Waals surface area contributed by atoms with Crippen molar-refractivity contribution in [1.82, 2.24) is 4.90 Å².